The summed E-state index contributed by atoms with van der Waals surface area (Å²) in [6, 6.07) is 12.0. The van der Waals surface area contributed by atoms with E-state index in [9.17, 15) is 14.4 Å². The van der Waals surface area contributed by atoms with E-state index in [0.717, 1.165) is 16.0 Å². The van der Waals surface area contributed by atoms with Crippen molar-refractivity contribution in [2.45, 2.75) is 12.1 Å². The molecule has 5 N–H and O–H groups in total. The second-order valence-corrected chi connectivity index (χ2v) is 6.62. The van der Waals surface area contributed by atoms with Crippen LogP contribution in [-0.4, -0.2) is 77.5 Å². The lowest BCUT2D eigenvalue weighted by atomic mass is 10.0. The number of aliphatic hydroxyl groups is 2. The van der Waals surface area contributed by atoms with Gasteiger partial charge in [0.25, 0.3) is 17.7 Å². The normalized spacial score (nSPS) is 11.5. The third-order valence-corrected chi connectivity index (χ3v) is 4.59. The molecule has 0 aliphatic heterocycles. The first-order valence-corrected chi connectivity index (χ1v) is 9.37. The summed E-state index contributed by atoms with van der Waals surface area (Å²) < 4.78 is 5.43. The Bertz CT molecular complexity index is 880. The van der Waals surface area contributed by atoms with Crippen LogP contribution in [0.2, 0.25) is 0 Å². The van der Waals surface area contributed by atoms with Gasteiger partial charge in [-0.05, 0) is 35.4 Å². The van der Waals surface area contributed by atoms with Gasteiger partial charge in [-0.2, -0.15) is 0 Å². The summed E-state index contributed by atoms with van der Waals surface area (Å²) in [5, 5.41) is 29.3. The van der Waals surface area contributed by atoms with Gasteiger partial charge in [-0.3, -0.25) is 19.6 Å². The molecular formula is C21H25N3O7. The number of ether oxygens (including phenoxy) is 1. The van der Waals surface area contributed by atoms with Gasteiger partial charge in [-0.15, -0.1) is 0 Å². The van der Waals surface area contributed by atoms with Crippen molar-refractivity contribution in [3.63, 3.8) is 0 Å². The van der Waals surface area contributed by atoms with Gasteiger partial charge >= 0.3 is 0 Å². The highest BCUT2D eigenvalue weighted by Crippen LogP contribution is 2.24. The molecule has 166 valence electrons. The van der Waals surface area contributed by atoms with E-state index in [1.807, 2.05) is 0 Å². The summed E-state index contributed by atoms with van der Waals surface area (Å²) >= 11 is 0. The Morgan fingerprint density at radius 2 is 1.45 bits per heavy atom. The zero-order valence-electron chi connectivity index (χ0n) is 17.1. The first kappa shape index (κ1) is 23.8. The number of carbonyl (C=O) groups is 3. The van der Waals surface area contributed by atoms with E-state index in [1.165, 1.54) is 19.6 Å². The fraction of sp³-hybridized carbons (Fsp3) is 0.286. The molecule has 0 aromatic heterocycles. The van der Waals surface area contributed by atoms with Gasteiger partial charge in [0.05, 0.1) is 13.2 Å². The van der Waals surface area contributed by atoms with E-state index in [4.69, 9.17) is 20.2 Å². The van der Waals surface area contributed by atoms with Crippen LogP contribution in [0.4, 0.5) is 0 Å². The molecule has 31 heavy (non-hydrogen) atoms. The maximum Gasteiger partial charge on any atom is 0.275 e. The Balaban J connectivity index is 2.16. The highest BCUT2D eigenvalue weighted by atomic mass is 16.5. The van der Waals surface area contributed by atoms with Crippen molar-refractivity contribution in [2.24, 2.45) is 0 Å². The van der Waals surface area contributed by atoms with Crippen LogP contribution in [0.3, 0.4) is 0 Å². The topological polar surface area (TPSA) is 148 Å². The Kier molecular flexibility index (Phi) is 8.50. The minimum absolute atomic E-state index is 0.250. The SMILES string of the molecule is CNC(=O)C(C(=O)NO)N(C)C(=O)c1ccc(-c2ccc(OC(CO)CO)cc2)cc1. The Hall–Kier alpha value is -3.47. The number of nitrogens with zero attached hydrogens (tertiary/aromatic N) is 1. The smallest absolute Gasteiger partial charge is 0.275 e. The van der Waals surface area contributed by atoms with E-state index in [1.54, 1.807) is 48.5 Å². The molecule has 10 heteroatoms. The second-order valence-electron chi connectivity index (χ2n) is 6.62. The quantitative estimate of drug-likeness (QED) is 0.209. The van der Waals surface area contributed by atoms with Crippen LogP contribution in [0, 0.1) is 0 Å². The maximum atomic E-state index is 12.7. The van der Waals surface area contributed by atoms with Crippen LogP contribution < -0.4 is 15.5 Å². The molecule has 0 spiro atoms. The number of aliphatic hydroxyl groups excluding tert-OH is 2. The predicted molar refractivity (Wildman–Crippen MR) is 110 cm³/mol. The predicted octanol–water partition coefficient (Wildman–Crippen LogP) is -0.222. The first-order chi connectivity index (χ1) is 14.9. The lowest BCUT2D eigenvalue weighted by Gasteiger charge is -2.25. The van der Waals surface area contributed by atoms with Crippen molar-refractivity contribution < 1.29 is 34.5 Å². The Morgan fingerprint density at radius 3 is 1.90 bits per heavy atom. The van der Waals surface area contributed by atoms with Crippen LogP contribution in [0.25, 0.3) is 11.1 Å². The zero-order valence-corrected chi connectivity index (χ0v) is 17.1. The van der Waals surface area contributed by atoms with Gasteiger partial charge in [-0.25, -0.2) is 5.48 Å². The van der Waals surface area contributed by atoms with Crippen LogP contribution in [0.5, 0.6) is 5.75 Å². The molecule has 1 atom stereocenters. The molecule has 2 aromatic carbocycles. The Labute approximate surface area is 179 Å². The van der Waals surface area contributed by atoms with E-state index in [2.05, 4.69) is 5.32 Å². The van der Waals surface area contributed by atoms with E-state index >= 15 is 0 Å². The molecule has 0 saturated carbocycles. The molecule has 0 heterocycles. The standard InChI is InChI=1S/C21H25N3O7/c1-22-19(27)18(20(28)23-30)24(2)21(29)15-5-3-13(4-6-15)14-7-9-16(10-8-14)31-17(11-25)12-26/h3-10,17-18,25-26,30H,11-12H2,1-2H3,(H,22,27)(H,23,28). The lowest BCUT2D eigenvalue weighted by molar-refractivity contribution is -0.140. The number of amides is 3. The van der Waals surface area contributed by atoms with Crippen LogP contribution >= 0.6 is 0 Å². The molecule has 0 radical (unpaired) electrons. The van der Waals surface area contributed by atoms with Crippen molar-refractivity contribution in [3.05, 3.63) is 54.1 Å². The van der Waals surface area contributed by atoms with Crippen molar-refractivity contribution in [1.82, 2.24) is 15.7 Å². The van der Waals surface area contributed by atoms with Crippen molar-refractivity contribution >= 4 is 17.7 Å². The van der Waals surface area contributed by atoms with Gasteiger partial charge in [-0.1, -0.05) is 24.3 Å². The highest BCUT2D eigenvalue weighted by molar-refractivity contribution is 6.08. The molecule has 0 fully saturated rings. The molecule has 0 bridgehead atoms. The van der Waals surface area contributed by atoms with Crippen molar-refractivity contribution in [3.8, 4) is 16.9 Å². The molecular weight excluding hydrogens is 406 g/mol. The number of hydrogen-bond acceptors (Lipinski definition) is 7. The summed E-state index contributed by atoms with van der Waals surface area (Å²) in [5.74, 6) is -1.86. The minimum Gasteiger partial charge on any atom is -0.486 e. The fourth-order valence-corrected chi connectivity index (χ4v) is 2.85. The third-order valence-electron chi connectivity index (χ3n) is 4.59. The molecule has 2 aromatic rings. The van der Waals surface area contributed by atoms with Crippen LogP contribution in [0.1, 0.15) is 10.4 Å². The van der Waals surface area contributed by atoms with Crippen molar-refractivity contribution in [2.75, 3.05) is 27.3 Å². The molecule has 0 aliphatic rings. The van der Waals surface area contributed by atoms with Crippen LogP contribution in [-0.2, 0) is 9.59 Å². The van der Waals surface area contributed by atoms with E-state index in [-0.39, 0.29) is 18.8 Å². The van der Waals surface area contributed by atoms with Gasteiger partial charge < -0.3 is 25.2 Å². The zero-order chi connectivity index (χ0) is 23.0. The number of hydrogen-bond donors (Lipinski definition) is 5. The highest BCUT2D eigenvalue weighted by Gasteiger charge is 2.33. The summed E-state index contributed by atoms with van der Waals surface area (Å²) in [6.07, 6.45) is -0.695. The van der Waals surface area contributed by atoms with Gasteiger partial charge in [0.1, 0.15) is 11.9 Å². The van der Waals surface area contributed by atoms with Gasteiger partial charge in [0, 0.05) is 19.7 Å². The summed E-state index contributed by atoms with van der Waals surface area (Å²) in [5.41, 5.74) is 3.29. The largest absolute Gasteiger partial charge is 0.486 e. The number of rotatable bonds is 9. The second kappa shape index (κ2) is 11.1. The molecule has 10 nitrogen and oxygen atoms in total. The van der Waals surface area contributed by atoms with Crippen molar-refractivity contribution in [1.29, 1.82) is 0 Å². The number of likely N-dealkylation sites (N-methyl/N-ethyl adjacent to an activating group) is 2. The molecule has 1 unspecified atom stereocenters. The average molecular weight is 431 g/mol. The molecule has 3 amide bonds. The third kappa shape index (κ3) is 5.79. The lowest BCUT2D eigenvalue weighted by Crippen LogP contribution is -2.54. The number of hydroxylamine groups is 1. The maximum absolute atomic E-state index is 12.7. The van der Waals surface area contributed by atoms with Crippen LogP contribution in [0.15, 0.2) is 48.5 Å². The first-order valence-electron chi connectivity index (χ1n) is 9.37. The minimum atomic E-state index is -1.53. The summed E-state index contributed by atoms with van der Waals surface area (Å²) in [6.45, 7) is -0.605. The van der Waals surface area contributed by atoms with Gasteiger partial charge in [0.2, 0.25) is 0 Å². The average Bonchev–Trinajstić information content (AvgIpc) is 2.82. The molecule has 0 saturated heterocycles. The monoisotopic (exact) mass is 431 g/mol. The van der Waals surface area contributed by atoms with Gasteiger partial charge in [0.15, 0.2) is 6.04 Å². The Morgan fingerprint density at radius 1 is 0.935 bits per heavy atom. The van der Waals surface area contributed by atoms with E-state index in [0.29, 0.717) is 5.75 Å². The molecule has 0 aliphatic carbocycles. The number of carbonyl (C=O) groups excluding carboxylic acids is 3. The summed E-state index contributed by atoms with van der Waals surface area (Å²) in [7, 11) is 2.60. The number of benzene rings is 2. The fourth-order valence-electron chi connectivity index (χ4n) is 2.85. The summed E-state index contributed by atoms with van der Waals surface area (Å²) in [4.78, 5) is 37.4. The number of nitrogens with one attached hydrogen (secondary N) is 2. The molecule has 2 rings (SSSR count). The van der Waals surface area contributed by atoms with E-state index < -0.39 is 29.9 Å².